The second-order valence-corrected chi connectivity index (χ2v) is 6.81. The monoisotopic (exact) mass is 377 g/mol. The molecule has 1 heterocycles. The molecule has 0 aromatic heterocycles. The van der Waals surface area contributed by atoms with Crippen molar-refractivity contribution in [3.05, 3.63) is 58.1 Å². The van der Waals surface area contributed by atoms with Crippen LogP contribution in [0.3, 0.4) is 0 Å². The number of halogens is 2. The maximum Gasteiger partial charge on any atom is 0.319 e. The van der Waals surface area contributed by atoms with Crippen LogP contribution >= 0.6 is 23.2 Å². The number of amides is 3. The van der Waals surface area contributed by atoms with E-state index in [0.29, 0.717) is 22.3 Å². The molecule has 0 aliphatic carbocycles. The van der Waals surface area contributed by atoms with E-state index in [-0.39, 0.29) is 18.4 Å². The molecule has 130 valence electrons. The Labute approximate surface area is 155 Å². The van der Waals surface area contributed by atoms with Gasteiger partial charge in [0.1, 0.15) is 0 Å². The number of hydrogen-bond donors (Lipinski definition) is 2. The molecule has 2 aromatic carbocycles. The molecule has 5 nitrogen and oxygen atoms in total. The van der Waals surface area contributed by atoms with Crippen LogP contribution in [0.5, 0.6) is 0 Å². The minimum atomic E-state index is -0.423. The zero-order valence-electron chi connectivity index (χ0n) is 13.6. The fourth-order valence-electron chi connectivity index (χ4n) is 2.72. The zero-order chi connectivity index (χ0) is 18.0. The number of anilines is 2. The smallest absolute Gasteiger partial charge is 0.319 e. The number of rotatable bonds is 3. The molecule has 1 atom stereocenters. The van der Waals surface area contributed by atoms with Crippen LogP contribution in [0.25, 0.3) is 0 Å². The van der Waals surface area contributed by atoms with Gasteiger partial charge in [-0.2, -0.15) is 0 Å². The second kappa shape index (κ2) is 7.33. The predicted molar refractivity (Wildman–Crippen MR) is 101 cm³/mol. The van der Waals surface area contributed by atoms with Gasteiger partial charge in [0.25, 0.3) is 0 Å². The summed E-state index contributed by atoms with van der Waals surface area (Å²) in [5.74, 6) is -0.0186. The van der Waals surface area contributed by atoms with Crippen LogP contribution in [0.2, 0.25) is 10.0 Å². The minimum Gasteiger partial charge on any atom is -0.333 e. The number of hydrogen-bond acceptors (Lipinski definition) is 2. The summed E-state index contributed by atoms with van der Waals surface area (Å²) in [6.45, 7) is 2.42. The minimum absolute atomic E-state index is 0.0186. The number of aryl methyl sites for hydroxylation is 1. The topological polar surface area (TPSA) is 61.4 Å². The summed E-state index contributed by atoms with van der Waals surface area (Å²) in [4.78, 5) is 26.1. The molecule has 0 bridgehead atoms. The molecule has 1 fully saturated rings. The van der Waals surface area contributed by atoms with E-state index in [1.165, 1.54) is 0 Å². The maximum absolute atomic E-state index is 12.2. The van der Waals surface area contributed by atoms with Gasteiger partial charge in [-0.05, 0) is 37.3 Å². The Bertz CT molecular complexity index is 808. The van der Waals surface area contributed by atoms with Crippen molar-refractivity contribution < 1.29 is 9.59 Å². The van der Waals surface area contributed by atoms with Crippen LogP contribution < -0.4 is 15.5 Å². The third kappa shape index (κ3) is 4.24. The standard InChI is InChI=1S/C18H17Cl2N3O2/c1-11-2-5-14(6-3-11)23-10-13(9-17(23)24)21-18(25)22-16-8-12(19)4-7-15(16)20/h2-8,13H,9-10H2,1H3,(H2,21,22,25)/t13-/m1/s1. The third-order valence-electron chi connectivity index (χ3n) is 3.98. The molecule has 25 heavy (non-hydrogen) atoms. The van der Waals surface area contributed by atoms with Gasteiger partial charge in [-0.1, -0.05) is 40.9 Å². The van der Waals surface area contributed by atoms with Gasteiger partial charge >= 0.3 is 6.03 Å². The molecule has 0 radical (unpaired) electrons. The quantitative estimate of drug-likeness (QED) is 0.840. The molecule has 1 aliphatic rings. The van der Waals surface area contributed by atoms with E-state index >= 15 is 0 Å². The molecule has 0 unspecified atom stereocenters. The van der Waals surface area contributed by atoms with Crippen molar-refractivity contribution >= 4 is 46.5 Å². The van der Waals surface area contributed by atoms with E-state index in [2.05, 4.69) is 10.6 Å². The number of benzene rings is 2. The van der Waals surface area contributed by atoms with Crippen LogP contribution in [0.15, 0.2) is 42.5 Å². The summed E-state index contributed by atoms with van der Waals surface area (Å²) in [5.41, 5.74) is 2.38. The van der Waals surface area contributed by atoms with Gasteiger partial charge in [-0.3, -0.25) is 4.79 Å². The van der Waals surface area contributed by atoms with Crippen molar-refractivity contribution in [3.63, 3.8) is 0 Å². The number of carbonyl (C=O) groups is 2. The van der Waals surface area contributed by atoms with Crippen molar-refractivity contribution in [1.82, 2.24) is 5.32 Å². The molecular formula is C18H17Cl2N3O2. The molecule has 2 N–H and O–H groups in total. The van der Waals surface area contributed by atoms with E-state index in [0.717, 1.165) is 11.3 Å². The average Bonchev–Trinajstić information content (AvgIpc) is 2.92. The number of nitrogens with one attached hydrogen (secondary N) is 2. The summed E-state index contributed by atoms with van der Waals surface area (Å²) < 4.78 is 0. The molecule has 0 saturated carbocycles. The molecule has 7 heteroatoms. The Hall–Kier alpha value is -2.24. The Morgan fingerprint density at radius 2 is 1.88 bits per heavy atom. The van der Waals surface area contributed by atoms with E-state index in [4.69, 9.17) is 23.2 Å². The molecule has 1 aliphatic heterocycles. The molecule has 3 rings (SSSR count). The highest BCUT2D eigenvalue weighted by Gasteiger charge is 2.31. The van der Waals surface area contributed by atoms with Crippen molar-refractivity contribution in [3.8, 4) is 0 Å². The molecular weight excluding hydrogens is 361 g/mol. The Kier molecular flexibility index (Phi) is 5.16. The Morgan fingerprint density at radius 3 is 2.60 bits per heavy atom. The van der Waals surface area contributed by atoms with Gasteiger partial charge < -0.3 is 15.5 Å². The summed E-state index contributed by atoms with van der Waals surface area (Å²) in [5, 5.41) is 6.33. The second-order valence-electron chi connectivity index (χ2n) is 5.96. The molecule has 2 aromatic rings. The SMILES string of the molecule is Cc1ccc(N2C[C@H](NC(=O)Nc3cc(Cl)ccc3Cl)CC2=O)cc1. The Morgan fingerprint density at radius 1 is 1.16 bits per heavy atom. The number of nitrogens with zero attached hydrogens (tertiary/aromatic N) is 1. The van der Waals surface area contributed by atoms with Crippen LogP contribution in [0, 0.1) is 6.92 Å². The highest BCUT2D eigenvalue weighted by Crippen LogP contribution is 2.26. The lowest BCUT2D eigenvalue weighted by molar-refractivity contribution is -0.117. The van der Waals surface area contributed by atoms with Crippen LogP contribution in [-0.4, -0.2) is 24.5 Å². The first kappa shape index (κ1) is 17.6. The highest BCUT2D eigenvalue weighted by molar-refractivity contribution is 6.35. The third-order valence-corrected chi connectivity index (χ3v) is 4.55. The Balaban J connectivity index is 1.62. The summed E-state index contributed by atoms with van der Waals surface area (Å²) in [6, 6.07) is 11.8. The lowest BCUT2D eigenvalue weighted by atomic mass is 10.2. The largest absolute Gasteiger partial charge is 0.333 e. The van der Waals surface area contributed by atoms with Crippen molar-refractivity contribution in [2.45, 2.75) is 19.4 Å². The first-order valence-corrected chi connectivity index (χ1v) is 8.57. The zero-order valence-corrected chi connectivity index (χ0v) is 15.1. The van der Waals surface area contributed by atoms with Gasteiger partial charge in [-0.15, -0.1) is 0 Å². The number of urea groups is 1. The normalized spacial score (nSPS) is 16.8. The number of carbonyl (C=O) groups excluding carboxylic acids is 2. The van der Waals surface area contributed by atoms with Crippen LogP contribution in [0.4, 0.5) is 16.2 Å². The van der Waals surface area contributed by atoms with Gasteiger partial charge in [0.05, 0.1) is 16.8 Å². The first-order valence-electron chi connectivity index (χ1n) is 7.82. The van der Waals surface area contributed by atoms with Crippen LogP contribution in [-0.2, 0) is 4.79 Å². The van der Waals surface area contributed by atoms with Gasteiger partial charge in [0, 0.05) is 23.7 Å². The van der Waals surface area contributed by atoms with E-state index in [1.54, 1.807) is 23.1 Å². The fraction of sp³-hybridized carbons (Fsp3) is 0.222. The van der Waals surface area contributed by atoms with E-state index < -0.39 is 6.03 Å². The summed E-state index contributed by atoms with van der Waals surface area (Å²) in [6.07, 6.45) is 0.255. The highest BCUT2D eigenvalue weighted by atomic mass is 35.5. The van der Waals surface area contributed by atoms with Crippen molar-refractivity contribution in [2.75, 3.05) is 16.8 Å². The summed E-state index contributed by atoms with van der Waals surface area (Å²) in [7, 11) is 0. The van der Waals surface area contributed by atoms with Crippen molar-refractivity contribution in [1.29, 1.82) is 0 Å². The van der Waals surface area contributed by atoms with Crippen molar-refractivity contribution in [2.24, 2.45) is 0 Å². The van der Waals surface area contributed by atoms with Gasteiger partial charge in [0.15, 0.2) is 0 Å². The summed E-state index contributed by atoms with van der Waals surface area (Å²) >= 11 is 11.9. The lowest BCUT2D eigenvalue weighted by Gasteiger charge is -2.18. The first-order chi connectivity index (χ1) is 11.9. The average molecular weight is 378 g/mol. The fourth-order valence-corrected chi connectivity index (χ4v) is 3.05. The van der Waals surface area contributed by atoms with Gasteiger partial charge in [-0.25, -0.2) is 4.79 Å². The van der Waals surface area contributed by atoms with E-state index in [9.17, 15) is 9.59 Å². The molecule has 3 amide bonds. The lowest BCUT2D eigenvalue weighted by Crippen LogP contribution is -2.39. The predicted octanol–water partition coefficient (Wildman–Crippen LogP) is 4.23. The van der Waals surface area contributed by atoms with Gasteiger partial charge in [0.2, 0.25) is 5.91 Å². The van der Waals surface area contributed by atoms with E-state index in [1.807, 2.05) is 31.2 Å². The maximum atomic E-state index is 12.2. The molecule has 0 spiro atoms. The van der Waals surface area contributed by atoms with Crippen LogP contribution in [0.1, 0.15) is 12.0 Å². The molecule has 1 saturated heterocycles.